The highest BCUT2D eigenvalue weighted by Crippen LogP contribution is 2.35. The molecule has 3 aromatic heterocycles. The number of halogens is 1. The Morgan fingerprint density at radius 3 is 2.51 bits per heavy atom. The van der Waals surface area contributed by atoms with E-state index < -0.39 is 5.91 Å². The van der Waals surface area contributed by atoms with Crippen molar-refractivity contribution in [2.45, 2.75) is 57.9 Å². The predicted octanol–water partition coefficient (Wildman–Crippen LogP) is 4.78. The van der Waals surface area contributed by atoms with Crippen LogP contribution < -0.4 is 10.6 Å². The van der Waals surface area contributed by atoms with Crippen molar-refractivity contribution >= 4 is 51.9 Å². The fraction of sp³-hybridized carbons (Fsp3) is 0.464. The molecule has 5 rings (SSSR count). The molecule has 0 unspecified atom stereocenters. The van der Waals surface area contributed by atoms with Gasteiger partial charge < -0.3 is 24.7 Å². The summed E-state index contributed by atoms with van der Waals surface area (Å²) in [6, 6.07) is 6.93. The minimum atomic E-state index is -0.565. The summed E-state index contributed by atoms with van der Waals surface area (Å²) in [7, 11) is 0. The maximum Gasteiger partial charge on any atom is 0.294 e. The molecule has 2 aliphatic rings. The van der Waals surface area contributed by atoms with E-state index in [0.717, 1.165) is 18.5 Å². The van der Waals surface area contributed by atoms with Crippen molar-refractivity contribution in [1.82, 2.24) is 14.9 Å². The van der Waals surface area contributed by atoms with Crippen molar-refractivity contribution in [2.24, 2.45) is 5.92 Å². The summed E-state index contributed by atoms with van der Waals surface area (Å²) < 4.78 is 11.2. The van der Waals surface area contributed by atoms with E-state index in [1.54, 1.807) is 18.2 Å². The second-order valence-electron chi connectivity index (χ2n) is 11.0. The molecular formula is C28H32ClN5O5. The lowest BCUT2D eigenvalue weighted by atomic mass is 9.84. The number of anilines is 2. The Balaban J connectivity index is 1.38. The topological polar surface area (TPSA) is 127 Å². The van der Waals surface area contributed by atoms with E-state index in [4.69, 9.17) is 25.7 Å². The lowest BCUT2D eigenvalue weighted by molar-refractivity contribution is -0.146. The number of amides is 3. The first kappa shape index (κ1) is 27.1. The van der Waals surface area contributed by atoms with E-state index in [1.807, 2.05) is 31.7 Å². The van der Waals surface area contributed by atoms with E-state index in [2.05, 4.69) is 15.6 Å². The third-order valence-electron chi connectivity index (χ3n) is 7.26. The number of pyridine rings is 2. The van der Waals surface area contributed by atoms with E-state index >= 15 is 0 Å². The number of nitrogens with zero attached hydrogens (tertiary/aromatic N) is 3. The van der Waals surface area contributed by atoms with Gasteiger partial charge in [0.1, 0.15) is 23.6 Å². The standard InChI is InChI=1S/C28H32ClN5O5/c1-28(2,3)20-10-9-19-23(31-20)24(25(39-19)27(37)32-21-11-6-17(29)14-30-21)33-26(36)16-4-7-18(8-5-16)34-12-13-38-15-22(34)35/h6,9-11,14,16,18H,4-5,7-8,12-13,15H2,1-3H3,(H,33,36)(H,30,32,37)/t16-,18-. The first-order valence-electron chi connectivity index (χ1n) is 13.1. The van der Waals surface area contributed by atoms with Crippen LogP contribution in [0.2, 0.25) is 5.02 Å². The second-order valence-corrected chi connectivity index (χ2v) is 11.5. The van der Waals surface area contributed by atoms with Crippen molar-refractivity contribution < 1.29 is 23.5 Å². The van der Waals surface area contributed by atoms with E-state index in [-0.39, 0.29) is 47.2 Å². The summed E-state index contributed by atoms with van der Waals surface area (Å²) in [4.78, 5) is 49.8. The highest BCUT2D eigenvalue weighted by atomic mass is 35.5. The van der Waals surface area contributed by atoms with Gasteiger partial charge in [0.15, 0.2) is 5.58 Å². The van der Waals surface area contributed by atoms with Crippen LogP contribution in [0, 0.1) is 5.92 Å². The summed E-state index contributed by atoms with van der Waals surface area (Å²) in [5.74, 6) is -0.786. The van der Waals surface area contributed by atoms with Gasteiger partial charge in [0.05, 0.1) is 11.6 Å². The SMILES string of the molecule is CC(C)(C)c1ccc2oc(C(=O)Nc3ccc(Cl)cn3)c(NC(=O)[C@H]3CC[C@H](N4CCOCC4=O)CC3)c2n1. The zero-order valence-corrected chi connectivity index (χ0v) is 23.0. The number of aromatic nitrogens is 2. The molecule has 3 amide bonds. The Bertz CT molecular complexity index is 1390. The second kappa shape index (κ2) is 10.9. The third kappa shape index (κ3) is 5.91. The maximum absolute atomic E-state index is 13.5. The van der Waals surface area contributed by atoms with Crippen LogP contribution in [-0.2, 0) is 19.7 Å². The molecule has 0 bridgehead atoms. The molecule has 10 nitrogen and oxygen atoms in total. The fourth-order valence-electron chi connectivity index (χ4n) is 5.08. The van der Waals surface area contributed by atoms with Gasteiger partial charge in [-0.3, -0.25) is 14.4 Å². The van der Waals surface area contributed by atoms with Gasteiger partial charge in [-0.15, -0.1) is 0 Å². The molecule has 0 spiro atoms. The number of carbonyl (C=O) groups excluding carboxylic acids is 3. The first-order chi connectivity index (χ1) is 18.6. The van der Waals surface area contributed by atoms with Gasteiger partial charge in [-0.25, -0.2) is 9.97 Å². The number of furan rings is 1. The number of fused-ring (bicyclic) bond motifs is 1. The number of nitrogens with one attached hydrogen (secondary N) is 2. The predicted molar refractivity (Wildman–Crippen MR) is 147 cm³/mol. The molecule has 0 aromatic carbocycles. The van der Waals surface area contributed by atoms with Gasteiger partial charge >= 0.3 is 0 Å². The van der Waals surface area contributed by atoms with Crippen molar-refractivity contribution in [3.63, 3.8) is 0 Å². The van der Waals surface area contributed by atoms with Crippen LogP contribution >= 0.6 is 11.6 Å². The van der Waals surface area contributed by atoms with Gasteiger partial charge in [0.2, 0.25) is 17.6 Å². The summed E-state index contributed by atoms with van der Waals surface area (Å²) in [6.45, 7) is 7.36. The Kier molecular flexibility index (Phi) is 7.59. The summed E-state index contributed by atoms with van der Waals surface area (Å²) >= 11 is 5.91. The quantitative estimate of drug-likeness (QED) is 0.465. The maximum atomic E-state index is 13.5. The number of hydrogen-bond acceptors (Lipinski definition) is 7. The monoisotopic (exact) mass is 553 g/mol. The molecule has 4 heterocycles. The minimum absolute atomic E-state index is 0.00516. The van der Waals surface area contributed by atoms with E-state index in [9.17, 15) is 14.4 Å². The van der Waals surface area contributed by atoms with Gasteiger partial charge in [-0.05, 0) is 49.9 Å². The van der Waals surface area contributed by atoms with E-state index in [1.165, 1.54) is 6.20 Å². The molecule has 1 aliphatic carbocycles. The average molecular weight is 554 g/mol. The van der Waals surface area contributed by atoms with Crippen LogP contribution in [0.1, 0.15) is 62.7 Å². The summed E-state index contributed by atoms with van der Waals surface area (Å²) in [6.07, 6.45) is 4.16. The molecule has 3 aromatic rings. The molecule has 1 saturated heterocycles. The van der Waals surface area contributed by atoms with Crippen LogP contribution in [-0.4, -0.2) is 58.4 Å². The normalized spacial score (nSPS) is 20.2. The lowest BCUT2D eigenvalue weighted by Crippen LogP contribution is -2.49. The Morgan fingerprint density at radius 2 is 1.85 bits per heavy atom. The molecule has 0 radical (unpaired) electrons. The first-order valence-corrected chi connectivity index (χ1v) is 13.5. The minimum Gasteiger partial charge on any atom is -0.447 e. The number of morpholine rings is 1. The van der Waals surface area contributed by atoms with Gasteiger partial charge in [-0.1, -0.05) is 32.4 Å². The number of ether oxygens (including phenoxy) is 1. The smallest absolute Gasteiger partial charge is 0.294 e. The van der Waals surface area contributed by atoms with E-state index in [0.29, 0.717) is 47.9 Å². The highest BCUT2D eigenvalue weighted by molar-refractivity contribution is 6.30. The Labute approximate surface area is 231 Å². The Hall–Kier alpha value is -3.50. The molecule has 2 fully saturated rings. The molecular weight excluding hydrogens is 522 g/mol. The average Bonchev–Trinajstić information content (AvgIpc) is 3.27. The van der Waals surface area contributed by atoms with Gasteiger partial charge in [-0.2, -0.15) is 0 Å². The van der Waals surface area contributed by atoms with Crippen molar-refractivity contribution in [3.05, 3.63) is 46.9 Å². The fourth-order valence-corrected chi connectivity index (χ4v) is 5.20. The third-order valence-corrected chi connectivity index (χ3v) is 7.48. The summed E-state index contributed by atoms with van der Waals surface area (Å²) in [5, 5.41) is 6.11. The largest absolute Gasteiger partial charge is 0.447 e. The van der Waals surface area contributed by atoms with Gasteiger partial charge in [0, 0.05) is 35.8 Å². The van der Waals surface area contributed by atoms with Crippen LogP contribution in [0.3, 0.4) is 0 Å². The molecule has 11 heteroatoms. The van der Waals surface area contributed by atoms with Crippen LogP contribution in [0.4, 0.5) is 11.5 Å². The van der Waals surface area contributed by atoms with Crippen molar-refractivity contribution in [1.29, 1.82) is 0 Å². The van der Waals surface area contributed by atoms with Crippen molar-refractivity contribution in [3.8, 4) is 0 Å². The van der Waals surface area contributed by atoms with Crippen LogP contribution in [0.5, 0.6) is 0 Å². The van der Waals surface area contributed by atoms with Gasteiger partial charge in [0.25, 0.3) is 5.91 Å². The molecule has 0 atom stereocenters. The molecule has 2 N–H and O–H groups in total. The van der Waals surface area contributed by atoms with Crippen LogP contribution in [0.25, 0.3) is 11.1 Å². The number of hydrogen-bond donors (Lipinski definition) is 2. The molecule has 1 saturated carbocycles. The number of rotatable bonds is 5. The van der Waals surface area contributed by atoms with Crippen LogP contribution in [0.15, 0.2) is 34.9 Å². The molecule has 39 heavy (non-hydrogen) atoms. The zero-order chi connectivity index (χ0) is 27.7. The molecule has 206 valence electrons. The number of carbonyl (C=O) groups is 3. The molecule has 1 aliphatic heterocycles. The lowest BCUT2D eigenvalue weighted by Gasteiger charge is -2.38. The van der Waals surface area contributed by atoms with Crippen molar-refractivity contribution in [2.75, 3.05) is 30.4 Å². The summed E-state index contributed by atoms with van der Waals surface area (Å²) in [5.41, 5.74) is 1.59. The highest BCUT2D eigenvalue weighted by Gasteiger charge is 2.34. The zero-order valence-electron chi connectivity index (χ0n) is 22.3. The Morgan fingerprint density at radius 1 is 1.08 bits per heavy atom.